The standard InChI is InChI=1S/C43H29N/c1-3-19-39-30(11-1)13-9-21-41(39)37-27-36(28-38(29-37)42-22-10-14-31-12-2-4-20-40(31)42)34-17-7-15-32(25-34)33-16-8-18-35(26-33)43-23-5-6-24-44-43/h1-29H. The Bertz CT molecular complexity index is 2170. The van der Waals surface area contributed by atoms with Gasteiger partial charge in [-0.1, -0.05) is 127 Å². The van der Waals surface area contributed by atoms with E-state index in [4.69, 9.17) is 0 Å². The predicted octanol–water partition coefficient (Wildman–Crippen LogP) is 11.7. The first-order chi connectivity index (χ1) is 21.8. The van der Waals surface area contributed by atoms with Gasteiger partial charge in [-0.2, -0.15) is 0 Å². The molecule has 0 unspecified atom stereocenters. The van der Waals surface area contributed by atoms with Crippen LogP contribution in [0.5, 0.6) is 0 Å². The maximum atomic E-state index is 4.57. The molecule has 0 amide bonds. The third-order valence-electron chi connectivity index (χ3n) is 8.49. The average molecular weight is 560 g/mol. The molecule has 0 N–H and O–H groups in total. The lowest BCUT2D eigenvalue weighted by atomic mass is 9.89. The highest BCUT2D eigenvalue weighted by Gasteiger charge is 2.12. The molecule has 1 heterocycles. The van der Waals surface area contributed by atoms with Crippen LogP contribution >= 0.6 is 0 Å². The summed E-state index contributed by atoms with van der Waals surface area (Å²) in [6, 6.07) is 61.2. The molecule has 0 atom stereocenters. The molecule has 0 fully saturated rings. The first-order valence-electron chi connectivity index (χ1n) is 15.0. The van der Waals surface area contributed by atoms with Gasteiger partial charge in [0.25, 0.3) is 0 Å². The quantitative estimate of drug-likeness (QED) is 0.204. The van der Waals surface area contributed by atoms with Gasteiger partial charge < -0.3 is 0 Å². The Labute approximate surface area is 257 Å². The number of nitrogens with zero attached hydrogens (tertiary/aromatic N) is 1. The fourth-order valence-electron chi connectivity index (χ4n) is 6.33. The molecule has 44 heavy (non-hydrogen) atoms. The van der Waals surface area contributed by atoms with Crippen molar-refractivity contribution < 1.29 is 0 Å². The van der Waals surface area contributed by atoms with E-state index in [-0.39, 0.29) is 0 Å². The van der Waals surface area contributed by atoms with Gasteiger partial charge in [-0.05, 0) is 109 Å². The van der Waals surface area contributed by atoms with Crippen LogP contribution in [0.1, 0.15) is 0 Å². The van der Waals surface area contributed by atoms with Crippen LogP contribution in [0.25, 0.3) is 77.3 Å². The second-order valence-corrected chi connectivity index (χ2v) is 11.2. The molecule has 1 nitrogen and oxygen atoms in total. The molecule has 0 aliphatic rings. The minimum atomic E-state index is 0.980. The van der Waals surface area contributed by atoms with Crippen molar-refractivity contribution >= 4 is 21.5 Å². The Kier molecular flexibility index (Phi) is 6.55. The Morgan fingerprint density at radius 3 is 1.32 bits per heavy atom. The summed E-state index contributed by atoms with van der Waals surface area (Å²) in [5.41, 5.74) is 11.7. The van der Waals surface area contributed by atoms with E-state index in [0.29, 0.717) is 0 Å². The van der Waals surface area contributed by atoms with Crippen molar-refractivity contribution in [1.82, 2.24) is 4.98 Å². The third kappa shape index (κ3) is 4.85. The molecule has 1 aromatic heterocycles. The van der Waals surface area contributed by atoms with Crippen LogP contribution in [0.4, 0.5) is 0 Å². The van der Waals surface area contributed by atoms with E-state index < -0.39 is 0 Å². The fourth-order valence-corrected chi connectivity index (χ4v) is 6.33. The van der Waals surface area contributed by atoms with Crippen molar-refractivity contribution in [2.45, 2.75) is 0 Å². The Morgan fingerprint density at radius 2 is 0.727 bits per heavy atom. The van der Waals surface area contributed by atoms with E-state index in [2.05, 4.69) is 163 Å². The van der Waals surface area contributed by atoms with Crippen molar-refractivity contribution in [2.75, 3.05) is 0 Å². The largest absolute Gasteiger partial charge is 0.256 e. The first-order valence-corrected chi connectivity index (χ1v) is 15.0. The smallest absolute Gasteiger partial charge is 0.0702 e. The van der Waals surface area contributed by atoms with Crippen molar-refractivity contribution in [3.05, 3.63) is 176 Å². The minimum absolute atomic E-state index is 0.980. The Hall–Kier alpha value is -5.79. The molecule has 0 saturated heterocycles. The Morgan fingerprint density at radius 1 is 0.295 bits per heavy atom. The molecule has 7 aromatic carbocycles. The second-order valence-electron chi connectivity index (χ2n) is 11.2. The SMILES string of the molecule is c1ccc(-c2cccc(-c3cccc(-c4cc(-c5cccc6ccccc56)cc(-c5cccc6ccccc56)c4)c3)c2)nc1. The number of fused-ring (bicyclic) bond motifs is 2. The summed E-state index contributed by atoms with van der Waals surface area (Å²) in [6.07, 6.45) is 1.85. The third-order valence-corrected chi connectivity index (χ3v) is 8.49. The van der Waals surface area contributed by atoms with Crippen LogP contribution in [-0.4, -0.2) is 4.98 Å². The molecule has 1 heteroatoms. The number of rotatable bonds is 5. The molecular formula is C43H29N. The number of aromatic nitrogens is 1. The molecule has 0 bridgehead atoms. The van der Waals surface area contributed by atoms with Gasteiger partial charge >= 0.3 is 0 Å². The lowest BCUT2D eigenvalue weighted by Gasteiger charge is -2.15. The molecule has 0 saturated carbocycles. The maximum absolute atomic E-state index is 4.57. The van der Waals surface area contributed by atoms with E-state index in [0.717, 1.165) is 11.3 Å². The molecule has 8 rings (SSSR count). The summed E-state index contributed by atoms with van der Waals surface area (Å²) < 4.78 is 0. The lowest BCUT2D eigenvalue weighted by molar-refractivity contribution is 1.33. The van der Waals surface area contributed by atoms with Crippen LogP contribution in [0, 0.1) is 0 Å². The topological polar surface area (TPSA) is 12.9 Å². The summed E-state index contributed by atoms with van der Waals surface area (Å²) in [4.78, 5) is 4.57. The van der Waals surface area contributed by atoms with Crippen molar-refractivity contribution in [3.63, 3.8) is 0 Å². The van der Waals surface area contributed by atoms with Gasteiger partial charge in [-0.15, -0.1) is 0 Å². The van der Waals surface area contributed by atoms with E-state index >= 15 is 0 Å². The van der Waals surface area contributed by atoms with E-state index in [1.807, 2.05) is 18.3 Å². The zero-order valence-corrected chi connectivity index (χ0v) is 24.2. The van der Waals surface area contributed by atoms with Crippen molar-refractivity contribution in [2.24, 2.45) is 0 Å². The Balaban J connectivity index is 1.31. The van der Waals surface area contributed by atoms with Crippen LogP contribution in [0.3, 0.4) is 0 Å². The highest BCUT2D eigenvalue weighted by atomic mass is 14.7. The molecule has 0 radical (unpaired) electrons. The summed E-state index contributed by atoms with van der Waals surface area (Å²) in [7, 11) is 0. The van der Waals surface area contributed by atoms with Gasteiger partial charge in [0, 0.05) is 11.8 Å². The molecule has 8 aromatic rings. The molecule has 0 aliphatic heterocycles. The molecular weight excluding hydrogens is 530 g/mol. The minimum Gasteiger partial charge on any atom is -0.256 e. The van der Waals surface area contributed by atoms with E-state index in [1.54, 1.807) is 0 Å². The van der Waals surface area contributed by atoms with Crippen LogP contribution in [0.2, 0.25) is 0 Å². The number of pyridine rings is 1. The van der Waals surface area contributed by atoms with Gasteiger partial charge in [-0.3, -0.25) is 4.98 Å². The van der Waals surface area contributed by atoms with Gasteiger partial charge in [0.1, 0.15) is 0 Å². The average Bonchev–Trinajstić information content (AvgIpc) is 3.11. The zero-order valence-electron chi connectivity index (χ0n) is 24.2. The number of hydrogen-bond donors (Lipinski definition) is 0. The highest BCUT2D eigenvalue weighted by molar-refractivity contribution is 6.01. The fraction of sp³-hybridized carbons (Fsp3) is 0. The monoisotopic (exact) mass is 559 g/mol. The van der Waals surface area contributed by atoms with Crippen molar-refractivity contribution in [3.8, 4) is 55.8 Å². The van der Waals surface area contributed by atoms with Crippen LogP contribution < -0.4 is 0 Å². The second kappa shape index (κ2) is 11.1. The first kappa shape index (κ1) is 25.9. The summed E-state index contributed by atoms with van der Waals surface area (Å²) in [6.45, 7) is 0. The summed E-state index contributed by atoms with van der Waals surface area (Å²) in [5.74, 6) is 0. The summed E-state index contributed by atoms with van der Waals surface area (Å²) in [5, 5.41) is 5.01. The molecule has 206 valence electrons. The normalized spacial score (nSPS) is 11.2. The highest BCUT2D eigenvalue weighted by Crippen LogP contribution is 2.39. The van der Waals surface area contributed by atoms with Gasteiger partial charge in [0.05, 0.1) is 5.69 Å². The van der Waals surface area contributed by atoms with Crippen molar-refractivity contribution in [1.29, 1.82) is 0 Å². The summed E-state index contributed by atoms with van der Waals surface area (Å²) >= 11 is 0. The number of hydrogen-bond acceptors (Lipinski definition) is 1. The molecule has 0 spiro atoms. The lowest BCUT2D eigenvalue weighted by Crippen LogP contribution is -1.89. The van der Waals surface area contributed by atoms with Gasteiger partial charge in [0.15, 0.2) is 0 Å². The van der Waals surface area contributed by atoms with Gasteiger partial charge in [-0.25, -0.2) is 0 Å². The van der Waals surface area contributed by atoms with E-state index in [1.165, 1.54) is 66.1 Å². The number of benzene rings is 7. The van der Waals surface area contributed by atoms with Crippen LogP contribution in [-0.2, 0) is 0 Å². The predicted molar refractivity (Wildman–Crippen MR) is 186 cm³/mol. The van der Waals surface area contributed by atoms with Crippen LogP contribution in [0.15, 0.2) is 176 Å². The molecule has 0 aliphatic carbocycles. The van der Waals surface area contributed by atoms with Gasteiger partial charge in [0.2, 0.25) is 0 Å². The maximum Gasteiger partial charge on any atom is 0.0702 e. The van der Waals surface area contributed by atoms with E-state index in [9.17, 15) is 0 Å². The zero-order chi connectivity index (χ0) is 29.3.